The molecule has 1 fully saturated rings. The third kappa shape index (κ3) is 3.77. The summed E-state index contributed by atoms with van der Waals surface area (Å²) < 4.78 is 29.2. The van der Waals surface area contributed by atoms with Crippen LogP contribution in [-0.4, -0.2) is 38.3 Å². The van der Waals surface area contributed by atoms with Gasteiger partial charge in [-0.3, -0.25) is 19.8 Å². The molecule has 0 aliphatic carbocycles. The van der Waals surface area contributed by atoms with Gasteiger partial charge in [0.15, 0.2) is 16.6 Å². The maximum absolute atomic E-state index is 13.2. The standard InChI is InChI=1S/C20H17FN2O5S/c1-26-15-9-4-11(16(27-2)17(15)28-3)10-14-18(24)22-20(29)23(19(14)25)13-7-5-12(21)6-8-13/h4-10H,1-3H3,(H,22,24,29)/b14-10-. The van der Waals surface area contributed by atoms with E-state index in [0.717, 1.165) is 4.90 Å². The lowest BCUT2D eigenvalue weighted by Crippen LogP contribution is -2.54. The molecule has 2 aromatic rings. The number of nitrogens with one attached hydrogen (secondary N) is 1. The van der Waals surface area contributed by atoms with Crippen molar-refractivity contribution in [2.45, 2.75) is 0 Å². The van der Waals surface area contributed by atoms with Gasteiger partial charge >= 0.3 is 0 Å². The molecule has 150 valence electrons. The minimum atomic E-state index is -0.657. The molecule has 0 spiro atoms. The van der Waals surface area contributed by atoms with Crippen molar-refractivity contribution in [2.75, 3.05) is 26.2 Å². The Balaban J connectivity index is 2.08. The average Bonchev–Trinajstić information content (AvgIpc) is 2.71. The average molecular weight is 416 g/mol. The smallest absolute Gasteiger partial charge is 0.270 e. The van der Waals surface area contributed by atoms with Crippen LogP contribution in [-0.2, 0) is 9.59 Å². The van der Waals surface area contributed by atoms with E-state index < -0.39 is 17.6 Å². The first-order chi connectivity index (χ1) is 13.9. The number of nitrogens with zero attached hydrogens (tertiary/aromatic N) is 1. The van der Waals surface area contributed by atoms with Gasteiger partial charge in [-0.05, 0) is 54.7 Å². The summed E-state index contributed by atoms with van der Waals surface area (Å²) in [4.78, 5) is 26.6. The number of anilines is 1. The van der Waals surface area contributed by atoms with Crippen LogP contribution >= 0.6 is 12.2 Å². The Kier molecular flexibility index (Phi) is 5.79. The predicted octanol–water partition coefficient (Wildman–Crippen LogP) is 2.68. The van der Waals surface area contributed by atoms with Crippen LogP contribution in [0, 0.1) is 5.82 Å². The van der Waals surface area contributed by atoms with Gasteiger partial charge in [-0.15, -0.1) is 0 Å². The normalized spacial score (nSPS) is 15.4. The van der Waals surface area contributed by atoms with Gasteiger partial charge < -0.3 is 14.2 Å². The molecular weight excluding hydrogens is 399 g/mol. The maximum Gasteiger partial charge on any atom is 0.270 e. The van der Waals surface area contributed by atoms with Gasteiger partial charge in [-0.1, -0.05) is 0 Å². The number of hydrogen-bond acceptors (Lipinski definition) is 6. The number of rotatable bonds is 5. The molecular formula is C20H17FN2O5S. The number of halogens is 1. The van der Waals surface area contributed by atoms with Crippen LogP contribution in [0.5, 0.6) is 17.2 Å². The Hall–Kier alpha value is -3.46. The van der Waals surface area contributed by atoms with Crippen LogP contribution in [0.4, 0.5) is 10.1 Å². The van der Waals surface area contributed by atoms with Crippen LogP contribution in [0.15, 0.2) is 42.0 Å². The molecule has 0 bridgehead atoms. The fourth-order valence-corrected chi connectivity index (χ4v) is 3.16. The first-order valence-electron chi connectivity index (χ1n) is 8.37. The Morgan fingerprint density at radius 2 is 1.62 bits per heavy atom. The van der Waals surface area contributed by atoms with Gasteiger partial charge in [-0.2, -0.15) is 0 Å². The highest BCUT2D eigenvalue weighted by Gasteiger charge is 2.35. The van der Waals surface area contributed by atoms with Gasteiger partial charge in [0.25, 0.3) is 11.8 Å². The van der Waals surface area contributed by atoms with Crippen molar-refractivity contribution in [1.29, 1.82) is 0 Å². The summed E-state index contributed by atoms with van der Waals surface area (Å²) in [5, 5.41) is 2.38. The Bertz CT molecular complexity index is 1020. The lowest BCUT2D eigenvalue weighted by molar-refractivity contribution is -0.122. The zero-order valence-electron chi connectivity index (χ0n) is 15.8. The Morgan fingerprint density at radius 3 is 2.21 bits per heavy atom. The quantitative estimate of drug-likeness (QED) is 0.459. The fraction of sp³-hybridized carbons (Fsp3) is 0.150. The molecule has 1 saturated heterocycles. The minimum Gasteiger partial charge on any atom is -0.493 e. The zero-order chi connectivity index (χ0) is 21.1. The van der Waals surface area contributed by atoms with E-state index in [9.17, 15) is 14.0 Å². The number of methoxy groups -OCH3 is 3. The summed E-state index contributed by atoms with van der Waals surface area (Å²) >= 11 is 5.13. The van der Waals surface area contributed by atoms with Crippen molar-refractivity contribution in [3.05, 3.63) is 53.4 Å². The highest BCUT2D eigenvalue weighted by molar-refractivity contribution is 7.80. The van der Waals surface area contributed by atoms with E-state index in [1.165, 1.54) is 51.7 Å². The number of amides is 2. The summed E-state index contributed by atoms with van der Waals surface area (Å²) in [5.41, 5.74) is 0.579. The first-order valence-corrected chi connectivity index (χ1v) is 8.78. The zero-order valence-corrected chi connectivity index (χ0v) is 16.6. The molecule has 3 rings (SSSR count). The van der Waals surface area contributed by atoms with Gasteiger partial charge in [0, 0.05) is 5.56 Å². The van der Waals surface area contributed by atoms with E-state index in [4.69, 9.17) is 26.4 Å². The predicted molar refractivity (Wildman–Crippen MR) is 109 cm³/mol. The molecule has 0 radical (unpaired) electrons. The fourth-order valence-electron chi connectivity index (χ4n) is 2.88. The van der Waals surface area contributed by atoms with Crippen LogP contribution in [0.1, 0.15) is 5.56 Å². The van der Waals surface area contributed by atoms with Crippen molar-refractivity contribution in [3.8, 4) is 17.2 Å². The largest absolute Gasteiger partial charge is 0.493 e. The third-order valence-electron chi connectivity index (χ3n) is 4.22. The molecule has 1 N–H and O–H groups in total. The van der Waals surface area contributed by atoms with Crippen molar-refractivity contribution in [3.63, 3.8) is 0 Å². The summed E-state index contributed by atoms with van der Waals surface area (Å²) in [5.74, 6) is -0.725. The first kappa shape index (κ1) is 20.3. The van der Waals surface area contributed by atoms with Crippen LogP contribution in [0.3, 0.4) is 0 Å². The van der Waals surface area contributed by atoms with Gasteiger partial charge in [0.1, 0.15) is 11.4 Å². The highest BCUT2D eigenvalue weighted by Crippen LogP contribution is 2.40. The van der Waals surface area contributed by atoms with Crippen molar-refractivity contribution < 1.29 is 28.2 Å². The van der Waals surface area contributed by atoms with E-state index in [0.29, 0.717) is 28.5 Å². The maximum atomic E-state index is 13.2. The molecule has 1 aliphatic heterocycles. The lowest BCUT2D eigenvalue weighted by atomic mass is 10.1. The molecule has 1 aliphatic rings. The van der Waals surface area contributed by atoms with Gasteiger partial charge in [0.2, 0.25) is 5.75 Å². The summed E-state index contributed by atoms with van der Waals surface area (Å²) in [6.45, 7) is 0. The summed E-state index contributed by atoms with van der Waals surface area (Å²) in [6, 6.07) is 8.44. The molecule has 2 aromatic carbocycles. The van der Waals surface area contributed by atoms with Gasteiger partial charge in [0.05, 0.1) is 27.0 Å². The number of hydrogen-bond donors (Lipinski definition) is 1. The van der Waals surface area contributed by atoms with E-state index in [2.05, 4.69) is 5.32 Å². The number of ether oxygens (including phenoxy) is 3. The molecule has 1 heterocycles. The second-order valence-corrected chi connectivity index (χ2v) is 6.24. The topological polar surface area (TPSA) is 77.1 Å². The lowest BCUT2D eigenvalue weighted by Gasteiger charge is -2.29. The number of thiocarbonyl (C=S) groups is 1. The Labute approximate surface area is 171 Å². The van der Waals surface area contributed by atoms with E-state index >= 15 is 0 Å². The molecule has 0 saturated carbocycles. The van der Waals surface area contributed by atoms with Crippen molar-refractivity contribution >= 4 is 40.9 Å². The molecule has 29 heavy (non-hydrogen) atoms. The monoisotopic (exact) mass is 416 g/mol. The van der Waals surface area contributed by atoms with Crippen LogP contribution in [0.25, 0.3) is 6.08 Å². The van der Waals surface area contributed by atoms with Crippen molar-refractivity contribution in [1.82, 2.24) is 5.32 Å². The third-order valence-corrected chi connectivity index (χ3v) is 4.51. The van der Waals surface area contributed by atoms with Crippen molar-refractivity contribution in [2.24, 2.45) is 0 Å². The van der Waals surface area contributed by atoms with Crippen LogP contribution < -0.4 is 24.4 Å². The molecule has 7 nitrogen and oxygen atoms in total. The van der Waals surface area contributed by atoms with E-state index in [-0.39, 0.29) is 10.7 Å². The molecule has 0 unspecified atom stereocenters. The Morgan fingerprint density at radius 1 is 0.966 bits per heavy atom. The van der Waals surface area contributed by atoms with E-state index in [1.807, 2.05) is 0 Å². The van der Waals surface area contributed by atoms with Gasteiger partial charge in [-0.25, -0.2) is 4.39 Å². The number of carbonyl (C=O) groups excluding carboxylic acids is 2. The molecule has 2 amide bonds. The second kappa shape index (κ2) is 8.27. The summed E-state index contributed by atoms with van der Waals surface area (Å²) in [6.07, 6.45) is 1.37. The van der Waals surface area contributed by atoms with E-state index in [1.54, 1.807) is 12.1 Å². The molecule has 0 aromatic heterocycles. The SMILES string of the molecule is COc1ccc(/C=C2/C(=O)NC(=S)N(c3ccc(F)cc3)C2=O)c(OC)c1OC. The number of benzene rings is 2. The minimum absolute atomic E-state index is 0.0944. The highest BCUT2D eigenvalue weighted by atomic mass is 32.1. The molecule has 0 atom stereocenters. The second-order valence-electron chi connectivity index (χ2n) is 5.86. The number of carbonyl (C=O) groups is 2. The molecule has 9 heteroatoms. The van der Waals surface area contributed by atoms with Crippen LogP contribution in [0.2, 0.25) is 0 Å². The summed E-state index contributed by atoms with van der Waals surface area (Å²) in [7, 11) is 4.36.